The molecule has 108 valence electrons. The number of hydrogen-bond acceptors (Lipinski definition) is 2. The Hall–Kier alpha value is -1.52. The Labute approximate surface area is 136 Å². The van der Waals surface area contributed by atoms with E-state index < -0.39 is 5.54 Å². The van der Waals surface area contributed by atoms with E-state index in [2.05, 4.69) is 21.2 Å². The van der Waals surface area contributed by atoms with Crippen molar-refractivity contribution in [2.24, 2.45) is 5.73 Å². The molecule has 0 fully saturated rings. The second-order valence-corrected chi connectivity index (χ2v) is 6.61. The first kappa shape index (κ1) is 14.4. The molecule has 1 aliphatic rings. The van der Waals surface area contributed by atoms with Gasteiger partial charge in [0, 0.05) is 28.0 Å². The summed E-state index contributed by atoms with van der Waals surface area (Å²) in [6, 6.07) is 13.4. The second kappa shape index (κ2) is 5.35. The van der Waals surface area contributed by atoms with Gasteiger partial charge in [-0.25, -0.2) is 0 Å². The van der Waals surface area contributed by atoms with Gasteiger partial charge in [0.2, 0.25) is 5.91 Å². The van der Waals surface area contributed by atoms with Crippen molar-refractivity contribution in [2.45, 2.75) is 18.4 Å². The molecule has 5 heteroatoms. The number of primary amides is 1. The highest BCUT2D eigenvalue weighted by Gasteiger charge is 2.42. The SMILES string of the molecule is NC(=O)C1(Nc2ccccc2Br)Cc2ccc(Cl)cc2C1. The van der Waals surface area contributed by atoms with Gasteiger partial charge in [0.1, 0.15) is 5.54 Å². The number of rotatable bonds is 3. The summed E-state index contributed by atoms with van der Waals surface area (Å²) in [4.78, 5) is 12.1. The topological polar surface area (TPSA) is 55.1 Å². The first-order valence-corrected chi connectivity index (χ1v) is 7.77. The molecular formula is C16H14BrClN2O. The van der Waals surface area contributed by atoms with Gasteiger partial charge >= 0.3 is 0 Å². The van der Waals surface area contributed by atoms with Crippen LogP contribution in [0.15, 0.2) is 46.9 Å². The zero-order valence-electron chi connectivity index (χ0n) is 11.2. The molecule has 0 saturated heterocycles. The largest absolute Gasteiger partial charge is 0.370 e. The predicted molar refractivity (Wildman–Crippen MR) is 88.6 cm³/mol. The fraction of sp³-hybridized carbons (Fsp3) is 0.188. The lowest BCUT2D eigenvalue weighted by Crippen LogP contribution is -2.51. The third-order valence-corrected chi connectivity index (χ3v) is 4.80. The molecule has 0 aromatic heterocycles. The molecule has 1 amide bonds. The van der Waals surface area contributed by atoms with Gasteiger partial charge in [-0.05, 0) is 51.3 Å². The highest BCUT2D eigenvalue weighted by molar-refractivity contribution is 9.10. The number of nitrogens with two attached hydrogens (primary N) is 1. The molecule has 0 radical (unpaired) electrons. The number of benzene rings is 2. The maximum Gasteiger partial charge on any atom is 0.243 e. The molecule has 2 aromatic carbocycles. The molecule has 3 nitrogen and oxygen atoms in total. The van der Waals surface area contributed by atoms with Crippen molar-refractivity contribution < 1.29 is 4.79 Å². The van der Waals surface area contributed by atoms with Crippen molar-refractivity contribution in [2.75, 3.05) is 5.32 Å². The number of nitrogens with one attached hydrogen (secondary N) is 1. The van der Waals surface area contributed by atoms with Gasteiger partial charge < -0.3 is 11.1 Å². The van der Waals surface area contributed by atoms with Crippen LogP contribution in [0.4, 0.5) is 5.69 Å². The first-order chi connectivity index (χ1) is 10.00. The fourth-order valence-corrected chi connectivity index (χ4v) is 3.37. The van der Waals surface area contributed by atoms with E-state index in [4.69, 9.17) is 17.3 Å². The summed E-state index contributed by atoms with van der Waals surface area (Å²) in [6.07, 6.45) is 1.11. The average Bonchev–Trinajstić information content (AvgIpc) is 2.80. The van der Waals surface area contributed by atoms with Crippen LogP contribution in [0.2, 0.25) is 5.02 Å². The second-order valence-electron chi connectivity index (χ2n) is 5.32. The molecule has 1 unspecified atom stereocenters. The van der Waals surface area contributed by atoms with Crippen LogP contribution >= 0.6 is 27.5 Å². The lowest BCUT2D eigenvalue weighted by atomic mass is 9.94. The van der Waals surface area contributed by atoms with Crippen LogP contribution in [0.1, 0.15) is 11.1 Å². The number of carbonyl (C=O) groups excluding carboxylic acids is 1. The molecular weight excluding hydrogens is 352 g/mol. The Morgan fingerprint density at radius 1 is 1.19 bits per heavy atom. The van der Waals surface area contributed by atoms with Gasteiger partial charge in [-0.1, -0.05) is 29.8 Å². The molecule has 0 spiro atoms. The first-order valence-electron chi connectivity index (χ1n) is 6.60. The molecule has 1 aliphatic carbocycles. The highest BCUT2D eigenvalue weighted by atomic mass is 79.9. The lowest BCUT2D eigenvalue weighted by molar-refractivity contribution is -0.122. The van der Waals surface area contributed by atoms with Crippen molar-refractivity contribution in [1.29, 1.82) is 0 Å². The molecule has 21 heavy (non-hydrogen) atoms. The Balaban J connectivity index is 1.97. The molecule has 0 heterocycles. The Morgan fingerprint density at radius 3 is 2.62 bits per heavy atom. The molecule has 0 saturated carbocycles. The Bertz CT molecular complexity index is 719. The van der Waals surface area contributed by atoms with Gasteiger partial charge in [0.25, 0.3) is 0 Å². The van der Waals surface area contributed by atoms with Crippen LogP contribution < -0.4 is 11.1 Å². The third-order valence-electron chi connectivity index (χ3n) is 3.87. The van der Waals surface area contributed by atoms with E-state index in [-0.39, 0.29) is 5.91 Å². The van der Waals surface area contributed by atoms with Crippen LogP contribution in [-0.2, 0) is 17.6 Å². The summed E-state index contributed by atoms with van der Waals surface area (Å²) in [6.45, 7) is 0. The van der Waals surface area contributed by atoms with Gasteiger partial charge in [-0.2, -0.15) is 0 Å². The van der Waals surface area contributed by atoms with Gasteiger partial charge in [-0.15, -0.1) is 0 Å². The molecule has 0 aliphatic heterocycles. The van der Waals surface area contributed by atoms with Crippen LogP contribution in [0.5, 0.6) is 0 Å². The number of para-hydroxylation sites is 1. The lowest BCUT2D eigenvalue weighted by Gasteiger charge is -2.28. The van der Waals surface area contributed by atoms with Crippen LogP contribution in [0.3, 0.4) is 0 Å². The maximum atomic E-state index is 12.1. The summed E-state index contributed by atoms with van der Waals surface area (Å²) in [7, 11) is 0. The minimum absolute atomic E-state index is 0.356. The van der Waals surface area contributed by atoms with Crippen molar-refractivity contribution >= 4 is 39.1 Å². The molecule has 1 atom stereocenters. The summed E-state index contributed by atoms with van der Waals surface area (Å²) in [5, 5.41) is 4.00. The normalized spacial score (nSPS) is 20.1. The van der Waals surface area contributed by atoms with Gasteiger partial charge in [-0.3, -0.25) is 4.79 Å². The van der Waals surface area contributed by atoms with Crippen molar-refractivity contribution in [1.82, 2.24) is 0 Å². The van der Waals surface area contributed by atoms with Crippen LogP contribution in [-0.4, -0.2) is 11.4 Å². The van der Waals surface area contributed by atoms with E-state index in [9.17, 15) is 4.79 Å². The summed E-state index contributed by atoms with van der Waals surface area (Å²) in [5.74, 6) is -0.356. The van der Waals surface area contributed by atoms with E-state index in [0.29, 0.717) is 17.9 Å². The third kappa shape index (κ3) is 2.65. The van der Waals surface area contributed by atoms with E-state index in [1.54, 1.807) is 0 Å². The van der Waals surface area contributed by atoms with Crippen LogP contribution in [0.25, 0.3) is 0 Å². The zero-order valence-corrected chi connectivity index (χ0v) is 13.5. The molecule has 2 aromatic rings. The molecule has 3 N–H and O–H groups in total. The number of anilines is 1. The smallest absolute Gasteiger partial charge is 0.243 e. The zero-order chi connectivity index (χ0) is 15.0. The summed E-state index contributed by atoms with van der Waals surface area (Å²) < 4.78 is 0.902. The standard InChI is InChI=1S/C16H14BrClN2O/c17-13-3-1-2-4-14(13)20-16(15(19)21)8-10-5-6-12(18)7-11(10)9-16/h1-7,20H,8-9H2,(H2,19,21). The molecule has 3 rings (SSSR count). The Morgan fingerprint density at radius 2 is 1.90 bits per heavy atom. The monoisotopic (exact) mass is 364 g/mol. The van der Waals surface area contributed by atoms with Crippen molar-refractivity contribution in [3.63, 3.8) is 0 Å². The average molecular weight is 366 g/mol. The van der Waals surface area contributed by atoms with Gasteiger partial charge in [0.15, 0.2) is 0 Å². The summed E-state index contributed by atoms with van der Waals surface area (Å²) in [5.41, 5.74) is 7.93. The van der Waals surface area contributed by atoms with Gasteiger partial charge in [0.05, 0.1) is 0 Å². The predicted octanol–water partition coefficient (Wildman–Crippen LogP) is 3.54. The number of halogens is 2. The minimum atomic E-state index is -0.809. The number of carbonyl (C=O) groups is 1. The maximum absolute atomic E-state index is 12.1. The Kier molecular flexibility index (Phi) is 3.68. The van der Waals surface area contributed by atoms with Crippen molar-refractivity contribution in [3.8, 4) is 0 Å². The van der Waals surface area contributed by atoms with Crippen molar-refractivity contribution in [3.05, 3.63) is 63.1 Å². The van der Waals surface area contributed by atoms with E-state index in [1.165, 1.54) is 0 Å². The van der Waals surface area contributed by atoms with E-state index in [1.807, 2.05) is 42.5 Å². The number of hydrogen-bond donors (Lipinski definition) is 2. The minimum Gasteiger partial charge on any atom is -0.370 e. The van der Waals surface area contributed by atoms with Crippen LogP contribution in [0, 0.1) is 0 Å². The van der Waals surface area contributed by atoms with E-state index >= 15 is 0 Å². The number of fused-ring (bicyclic) bond motifs is 1. The van der Waals surface area contributed by atoms with E-state index in [0.717, 1.165) is 21.3 Å². The quantitative estimate of drug-likeness (QED) is 0.874. The number of amides is 1. The highest BCUT2D eigenvalue weighted by Crippen LogP contribution is 2.36. The fourth-order valence-electron chi connectivity index (χ4n) is 2.79. The summed E-state index contributed by atoms with van der Waals surface area (Å²) >= 11 is 9.53. The molecule has 0 bridgehead atoms.